The molecule has 6 nitrogen and oxygen atoms in total. The van der Waals surface area contributed by atoms with Gasteiger partial charge in [-0.1, -0.05) is 6.07 Å². The van der Waals surface area contributed by atoms with E-state index in [0.717, 1.165) is 11.3 Å². The molecule has 0 saturated carbocycles. The number of hydrogen-bond acceptors (Lipinski definition) is 4. The number of carbonyl (C=O) groups is 1. The second-order valence-corrected chi connectivity index (χ2v) is 4.27. The van der Waals surface area contributed by atoms with Crippen molar-refractivity contribution in [1.82, 2.24) is 15.1 Å². The van der Waals surface area contributed by atoms with Crippen molar-refractivity contribution < 1.29 is 15.0 Å². The summed E-state index contributed by atoms with van der Waals surface area (Å²) in [6.07, 6.45) is 1.82. The Kier molecular flexibility index (Phi) is 3.41. The van der Waals surface area contributed by atoms with Gasteiger partial charge in [-0.15, -0.1) is 0 Å². The Bertz CT molecular complexity index is 620. The number of benzene rings is 1. The molecule has 0 unspecified atom stereocenters. The van der Waals surface area contributed by atoms with Crippen molar-refractivity contribution in [3.63, 3.8) is 0 Å². The van der Waals surface area contributed by atoms with Crippen molar-refractivity contribution in [3.8, 4) is 11.5 Å². The van der Waals surface area contributed by atoms with Gasteiger partial charge in [0.1, 0.15) is 0 Å². The summed E-state index contributed by atoms with van der Waals surface area (Å²) in [6, 6.07) is 4.26. The molecule has 1 aromatic heterocycles. The molecule has 0 aliphatic heterocycles. The molecule has 3 N–H and O–H groups in total. The van der Waals surface area contributed by atoms with Gasteiger partial charge in [-0.3, -0.25) is 9.48 Å². The summed E-state index contributed by atoms with van der Waals surface area (Å²) in [5.74, 6) is -1.18. The van der Waals surface area contributed by atoms with Gasteiger partial charge in [0.2, 0.25) is 0 Å². The zero-order valence-electron chi connectivity index (χ0n) is 10.7. The third kappa shape index (κ3) is 2.67. The Hall–Kier alpha value is -2.50. The van der Waals surface area contributed by atoms with Crippen LogP contribution in [0.2, 0.25) is 0 Å². The highest BCUT2D eigenvalue weighted by Crippen LogP contribution is 2.27. The third-order valence-corrected chi connectivity index (χ3v) is 2.81. The Labute approximate surface area is 110 Å². The Morgan fingerprint density at radius 2 is 2.16 bits per heavy atom. The van der Waals surface area contributed by atoms with E-state index >= 15 is 0 Å². The second kappa shape index (κ2) is 5.01. The van der Waals surface area contributed by atoms with Gasteiger partial charge in [0.15, 0.2) is 11.5 Å². The quantitative estimate of drug-likeness (QED) is 0.721. The van der Waals surface area contributed by atoms with Gasteiger partial charge in [0, 0.05) is 25.4 Å². The van der Waals surface area contributed by atoms with E-state index in [4.69, 9.17) is 0 Å². The maximum atomic E-state index is 11.9. The van der Waals surface area contributed by atoms with Crippen molar-refractivity contribution in [3.05, 3.63) is 41.2 Å². The topological polar surface area (TPSA) is 87.4 Å². The number of amides is 1. The summed E-state index contributed by atoms with van der Waals surface area (Å²) in [7, 11) is 1.80. The molecular weight excluding hydrogens is 246 g/mol. The molecule has 2 aromatic rings. The fourth-order valence-corrected chi connectivity index (χ4v) is 1.81. The van der Waals surface area contributed by atoms with Crippen LogP contribution in [0, 0.1) is 6.92 Å². The van der Waals surface area contributed by atoms with Gasteiger partial charge in [0.25, 0.3) is 5.91 Å². The average Bonchev–Trinajstić information content (AvgIpc) is 2.68. The molecule has 0 fully saturated rings. The van der Waals surface area contributed by atoms with Gasteiger partial charge < -0.3 is 15.5 Å². The normalized spacial score (nSPS) is 10.4. The summed E-state index contributed by atoms with van der Waals surface area (Å²) in [4.78, 5) is 11.9. The van der Waals surface area contributed by atoms with E-state index in [2.05, 4.69) is 10.4 Å². The number of nitrogens with zero attached hydrogens (tertiary/aromatic N) is 2. The molecule has 0 aliphatic rings. The largest absolute Gasteiger partial charge is 0.504 e. The van der Waals surface area contributed by atoms with Gasteiger partial charge in [-0.05, 0) is 19.1 Å². The maximum Gasteiger partial charge on any atom is 0.255 e. The highest BCUT2D eigenvalue weighted by molar-refractivity contribution is 5.97. The summed E-state index contributed by atoms with van der Waals surface area (Å²) in [6.45, 7) is 2.17. The van der Waals surface area contributed by atoms with E-state index in [-0.39, 0.29) is 11.3 Å². The number of phenols is 2. The van der Waals surface area contributed by atoms with Crippen LogP contribution in [0.15, 0.2) is 24.4 Å². The average molecular weight is 261 g/mol. The Morgan fingerprint density at radius 3 is 2.79 bits per heavy atom. The van der Waals surface area contributed by atoms with Gasteiger partial charge >= 0.3 is 0 Å². The lowest BCUT2D eigenvalue weighted by Gasteiger charge is -2.07. The highest BCUT2D eigenvalue weighted by Gasteiger charge is 2.14. The van der Waals surface area contributed by atoms with Crippen molar-refractivity contribution in [2.24, 2.45) is 7.05 Å². The molecule has 6 heteroatoms. The van der Waals surface area contributed by atoms with Crippen LogP contribution in [0.1, 0.15) is 21.6 Å². The van der Waals surface area contributed by atoms with Crippen LogP contribution in [0.3, 0.4) is 0 Å². The molecular formula is C13H15N3O3. The maximum absolute atomic E-state index is 11.9. The van der Waals surface area contributed by atoms with Crippen LogP contribution in [-0.4, -0.2) is 25.9 Å². The van der Waals surface area contributed by atoms with E-state index in [0.29, 0.717) is 6.54 Å². The minimum Gasteiger partial charge on any atom is -0.504 e. The van der Waals surface area contributed by atoms with Crippen molar-refractivity contribution >= 4 is 5.91 Å². The van der Waals surface area contributed by atoms with Crippen LogP contribution in [0.5, 0.6) is 11.5 Å². The van der Waals surface area contributed by atoms with E-state index in [1.807, 2.05) is 13.1 Å². The first-order valence-corrected chi connectivity index (χ1v) is 5.77. The minimum absolute atomic E-state index is 0.0431. The van der Waals surface area contributed by atoms with E-state index in [9.17, 15) is 15.0 Å². The second-order valence-electron chi connectivity index (χ2n) is 4.27. The number of nitrogens with one attached hydrogen (secondary N) is 1. The number of aromatic nitrogens is 2. The van der Waals surface area contributed by atoms with Crippen molar-refractivity contribution in [2.75, 3.05) is 0 Å². The minimum atomic E-state index is -0.448. The number of rotatable bonds is 3. The number of phenolic OH excluding ortho intramolecular Hbond substituents is 2. The standard InChI is InChI=1S/C13H15N3O3/c1-8-9(7-16(2)15-8)6-14-13(19)10-4-3-5-11(17)12(10)18/h3-5,7,17-18H,6H2,1-2H3,(H,14,19). The summed E-state index contributed by atoms with van der Waals surface area (Å²) in [5.41, 5.74) is 1.78. The van der Waals surface area contributed by atoms with Gasteiger partial charge in [-0.2, -0.15) is 5.10 Å². The van der Waals surface area contributed by atoms with E-state index in [1.165, 1.54) is 18.2 Å². The third-order valence-electron chi connectivity index (χ3n) is 2.81. The number of aromatic hydroxyl groups is 2. The van der Waals surface area contributed by atoms with Crippen molar-refractivity contribution in [2.45, 2.75) is 13.5 Å². The van der Waals surface area contributed by atoms with E-state index < -0.39 is 11.7 Å². The Morgan fingerprint density at radius 1 is 1.42 bits per heavy atom. The van der Waals surface area contributed by atoms with Crippen LogP contribution in [0.25, 0.3) is 0 Å². The molecule has 100 valence electrons. The monoisotopic (exact) mass is 261 g/mol. The predicted octanol–water partition coefficient (Wildman–Crippen LogP) is 1.07. The SMILES string of the molecule is Cc1nn(C)cc1CNC(=O)c1cccc(O)c1O. The van der Waals surface area contributed by atoms with Gasteiger partial charge in [0.05, 0.1) is 11.3 Å². The summed E-state index contributed by atoms with van der Waals surface area (Å²) in [5, 5.41) is 25.8. The lowest BCUT2D eigenvalue weighted by molar-refractivity contribution is 0.0947. The molecule has 0 radical (unpaired) electrons. The van der Waals surface area contributed by atoms with Crippen LogP contribution in [-0.2, 0) is 13.6 Å². The molecule has 0 aliphatic carbocycles. The molecule has 0 atom stereocenters. The Balaban J connectivity index is 2.10. The number of aryl methyl sites for hydroxylation is 2. The first kappa shape index (κ1) is 12.9. The van der Waals surface area contributed by atoms with Crippen LogP contribution in [0.4, 0.5) is 0 Å². The molecule has 0 spiro atoms. The zero-order chi connectivity index (χ0) is 14.0. The zero-order valence-corrected chi connectivity index (χ0v) is 10.7. The predicted molar refractivity (Wildman–Crippen MR) is 68.9 cm³/mol. The molecule has 0 bridgehead atoms. The molecule has 1 heterocycles. The van der Waals surface area contributed by atoms with Gasteiger partial charge in [-0.25, -0.2) is 0 Å². The number of para-hydroxylation sites is 1. The highest BCUT2D eigenvalue weighted by atomic mass is 16.3. The molecule has 1 amide bonds. The molecule has 1 aromatic carbocycles. The summed E-state index contributed by atoms with van der Waals surface area (Å²) >= 11 is 0. The van der Waals surface area contributed by atoms with E-state index in [1.54, 1.807) is 11.7 Å². The smallest absolute Gasteiger partial charge is 0.255 e. The van der Waals surface area contributed by atoms with Crippen LogP contribution >= 0.6 is 0 Å². The lowest BCUT2D eigenvalue weighted by atomic mass is 10.1. The summed E-state index contributed by atoms with van der Waals surface area (Å²) < 4.78 is 1.67. The number of hydrogen-bond donors (Lipinski definition) is 3. The fourth-order valence-electron chi connectivity index (χ4n) is 1.81. The molecule has 19 heavy (non-hydrogen) atoms. The fraction of sp³-hybridized carbons (Fsp3) is 0.231. The number of carbonyl (C=O) groups excluding carboxylic acids is 1. The first-order valence-electron chi connectivity index (χ1n) is 5.77. The lowest BCUT2D eigenvalue weighted by Crippen LogP contribution is -2.23. The molecule has 2 rings (SSSR count). The first-order chi connectivity index (χ1) is 8.99. The van der Waals surface area contributed by atoms with Crippen molar-refractivity contribution in [1.29, 1.82) is 0 Å². The molecule has 0 saturated heterocycles. The van der Waals surface area contributed by atoms with Crippen LogP contribution < -0.4 is 5.32 Å².